The summed E-state index contributed by atoms with van der Waals surface area (Å²) in [7, 11) is 0. The molecule has 230 valence electrons. The largest absolute Gasteiger partial charge is 0.276 e. The number of rotatable bonds is 3. The van der Waals surface area contributed by atoms with Crippen LogP contribution in [-0.2, 0) is 5.41 Å². The summed E-state index contributed by atoms with van der Waals surface area (Å²) in [6, 6.07) is 46.1. The molecule has 10 rings (SSSR count). The highest BCUT2D eigenvalue weighted by Crippen LogP contribution is 2.58. The topological polar surface area (TPSA) is 67.4 Å². The van der Waals surface area contributed by atoms with Gasteiger partial charge in [0.1, 0.15) is 0 Å². The summed E-state index contributed by atoms with van der Waals surface area (Å²) in [6.45, 7) is 4.73. The molecule has 0 radical (unpaired) electrons. The van der Waals surface area contributed by atoms with Crippen LogP contribution in [0.1, 0.15) is 30.5 Å². The minimum Gasteiger partial charge on any atom is -0.276 e. The van der Waals surface area contributed by atoms with Gasteiger partial charge in [-0.05, 0) is 58.7 Å². The fraction of sp³-hybridized carbons (Fsp3) is 0.0698. The third-order valence-corrected chi connectivity index (χ3v) is 11.2. The van der Waals surface area contributed by atoms with Crippen molar-refractivity contribution in [3.05, 3.63) is 144 Å². The zero-order chi connectivity index (χ0) is 32.9. The molecule has 0 amide bonds. The molecule has 0 saturated heterocycles. The van der Waals surface area contributed by atoms with Gasteiger partial charge in [0.2, 0.25) is 5.95 Å². The van der Waals surface area contributed by atoms with E-state index in [9.17, 15) is 5.26 Å². The van der Waals surface area contributed by atoms with Crippen molar-refractivity contribution in [3.8, 4) is 45.9 Å². The van der Waals surface area contributed by atoms with Crippen LogP contribution in [0, 0.1) is 11.3 Å². The first-order chi connectivity index (χ1) is 24.0. The lowest BCUT2D eigenvalue weighted by Crippen LogP contribution is -2.15. The first-order valence-corrected chi connectivity index (χ1v) is 17.2. The number of hydrogen-bond donors (Lipinski definition) is 0. The lowest BCUT2D eigenvalue weighted by atomic mass is 9.80. The van der Waals surface area contributed by atoms with Crippen molar-refractivity contribution in [3.63, 3.8) is 0 Å². The second-order valence-electron chi connectivity index (χ2n) is 13.1. The Bertz CT molecular complexity index is 2850. The molecule has 1 aliphatic carbocycles. The molecule has 0 atom stereocenters. The Morgan fingerprint density at radius 1 is 0.653 bits per heavy atom. The van der Waals surface area contributed by atoms with Crippen molar-refractivity contribution in [1.82, 2.24) is 19.5 Å². The Kier molecular flexibility index (Phi) is 5.79. The molecular formula is C43H27N5S. The minimum atomic E-state index is -0.238. The smallest absolute Gasteiger partial charge is 0.238 e. The first kappa shape index (κ1) is 27.9. The Hall–Kier alpha value is -6.16. The SMILES string of the molecule is CC1(C)c2ccccc2-c2c1c1c3ccccc3n(-c3nc(-c4ccccc4)nc(-c4ccc(C#N)cc4)n3)c1c1sc3ccccc3c21. The highest BCUT2D eigenvalue weighted by Gasteiger charge is 2.40. The molecule has 0 saturated carbocycles. The van der Waals surface area contributed by atoms with E-state index in [-0.39, 0.29) is 5.41 Å². The van der Waals surface area contributed by atoms with Gasteiger partial charge in [-0.3, -0.25) is 4.57 Å². The molecule has 6 aromatic carbocycles. The molecule has 0 fully saturated rings. The third-order valence-electron chi connectivity index (χ3n) is 10.1. The summed E-state index contributed by atoms with van der Waals surface area (Å²) in [5.74, 6) is 1.71. The quantitative estimate of drug-likeness (QED) is 0.192. The zero-order valence-corrected chi connectivity index (χ0v) is 27.6. The normalized spacial score (nSPS) is 13.2. The van der Waals surface area contributed by atoms with E-state index in [0.29, 0.717) is 23.2 Å². The molecular weight excluding hydrogens is 619 g/mol. The van der Waals surface area contributed by atoms with E-state index < -0.39 is 0 Å². The Morgan fingerprint density at radius 2 is 1.31 bits per heavy atom. The van der Waals surface area contributed by atoms with Crippen LogP contribution >= 0.6 is 11.3 Å². The van der Waals surface area contributed by atoms with Gasteiger partial charge in [-0.15, -0.1) is 11.3 Å². The van der Waals surface area contributed by atoms with Gasteiger partial charge in [0, 0.05) is 42.8 Å². The van der Waals surface area contributed by atoms with Crippen molar-refractivity contribution in [1.29, 1.82) is 5.26 Å². The van der Waals surface area contributed by atoms with Crippen LogP contribution in [0.2, 0.25) is 0 Å². The second kappa shape index (κ2) is 10.2. The molecule has 5 nitrogen and oxygen atoms in total. The standard InChI is InChI=1S/C43H27N5S/c1-43(2)31-17-9-6-14-28(31)34-35-30-16-8-11-19-33(30)49-39(35)38-36(37(34)43)29-15-7-10-18-32(29)48(38)42-46-40(26-12-4-3-5-13-26)45-41(47-42)27-22-20-25(24-44)21-23-27/h3-23H,1-2H3. The van der Waals surface area contributed by atoms with Gasteiger partial charge in [-0.1, -0.05) is 105 Å². The molecule has 3 heterocycles. The summed E-state index contributed by atoms with van der Waals surface area (Å²) in [5.41, 5.74) is 9.59. The van der Waals surface area contributed by atoms with Gasteiger partial charge in [0.05, 0.1) is 27.4 Å². The maximum atomic E-state index is 9.47. The Balaban J connectivity index is 1.41. The molecule has 6 heteroatoms. The fourth-order valence-corrected chi connectivity index (χ4v) is 9.16. The lowest BCUT2D eigenvalue weighted by Gasteiger charge is -2.23. The van der Waals surface area contributed by atoms with Gasteiger partial charge in [-0.25, -0.2) is 4.98 Å². The highest BCUT2D eigenvalue weighted by atomic mass is 32.1. The minimum absolute atomic E-state index is 0.238. The molecule has 9 aromatic rings. The lowest BCUT2D eigenvalue weighted by molar-refractivity contribution is 0.667. The first-order valence-electron chi connectivity index (χ1n) is 16.4. The maximum absolute atomic E-state index is 9.47. The number of nitrogens with zero attached hydrogens (tertiary/aromatic N) is 5. The number of hydrogen-bond acceptors (Lipinski definition) is 5. The molecule has 0 bridgehead atoms. The predicted octanol–water partition coefficient (Wildman–Crippen LogP) is 10.8. The van der Waals surface area contributed by atoms with Gasteiger partial charge in [0.25, 0.3) is 0 Å². The van der Waals surface area contributed by atoms with Gasteiger partial charge < -0.3 is 0 Å². The number of fused-ring (bicyclic) bond motifs is 12. The van der Waals surface area contributed by atoms with E-state index in [4.69, 9.17) is 15.0 Å². The Morgan fingerprint density at radius 3 is 2.08 bits per heavy atom. The second-order valence-corrected chi connectivity index (χ2v) is 14.2. The molecule has 49 heavy (non-hydrogen) atoms. The fourth-order valence-electron chi connectivity index (χ4n) is 7.91. The van der Waals surface area contributed by atoms with Gasteiger partial charge in [-0.2, -0.15) is 15.2 Å². The van der Waals surface area contributed by atoms with E-state index in [1.807, 2.05) is 65.9 Å². The van der Waals surface area contributed by atoms with Crippen molar-refractivity contribution in [2.75, 3.05) is 0 Å². The average molecular weight is 646 g/mol. The number of thiophene rings is 1. The van der Waals surface area contributed by atoms with E-state index in [1.54, 1.807) is 0 Å². The van der Waals surface area contributed by atoms with Crippen molar-refractivity contribution >= 4 is 53.3 Å². The number of nitriles is 1. The van der Waals surface area contributed by atoms with Crippen molar-refractivity contribution in [2.45, 2.75) is 19.3 Å². The maximum Gasteiger partial charge on any atom is 0.238 e. The molecule has 0 unspecified atom stereocenters. The molecule has 0 spiro atoms. The van der Waals surface area contributed by atoms with Crippen LogP contribution in [0.4, 0.5) is 0 Å². The number of aromatic nitrogens is 4. The van der Waals surface area contributed by atoms with Crippen LogP contribution in [0.25, 0.3) is 81.8 Å². The third kappa shape index (κ3) is 3.88. The van der Waals surface area contributed by atoms with Gasteiger partial charge >= 0.3 is 0 Å². The molecule has 0 aliphatic heterocycles. The number of benzene rings is 6. The summed E-state index contributed by atoms with van der Waals surface area (Å²) in [6.07, 6.45) is 0. The molecule has 0 N–H and O–H groups in total. The zero-order valence-electron chi connectivity index (χ0n) is 26.8. The monoisotopic (exact) mass is 645 g/mol. The summed E-state index contributed by atoms with van der Waals surface area (Å²) < 4.78 is 4.74. The summed E-state index contributed by atoms with van der Waals surface area (Å²) in [5, 5.41) is 14.4. The van der Waals surface area contributed by atoms with E-state index in [0.717, 1.165) is 22.2 Å². The molecule has 1 aliphatic rings. The van der Waals surface area contributed by atoms with Crippen LogP contribution in [-0.4, -0.2) is 19.5 Å². The van der Waals surface area contributed by atoms with Crippen molar-refractivity contribution in [2.24, 2.45) is 0 Å². The predicted molar refractivity (Wildman–Crippen MR) is 200 cm³/mol. The van der Waals surface area contributed by atoms with Gasteiger partial charge in [0.15, 0.2) is 11.6 Å². The van der Waals surface area contributed by atoms with Crippen LogP contribution < -0.4 is 0 Å². The molecule has 3 aromatic heterocycles. The van der Waals surface area contributed by atoms with Crippen LogP contribution in [0.5, 0.6) is 0 Å². The average Bonchev–Trinajstić information content (AvgIpc) is 3.78. The van der Waals surface area contributed by atoms with Crippen LogP contribution in [0.3, 0.4) is 0 Å². The van der Waals surface area contributed by atoms with Crippen molar-refractivity contribution < 1.29 is 0 Å². The van der Waals surface area contributed by atoms with E-state index in [2.05, 4.69) is 97.3 Å². The van der Waals surface area contributed by atoms with E-state index in [1.165, 1.54) is 53.2 Å². The number of para-hydroxylation sites is 1. The van der Waals surface area contributed by atoms with E-state index >= 15 is 0 Å². The highest BCUT2D eigenvalue weighted by molar-refractivity contribution is 7.26. The summed E-state index contributed by atoms with van der Waals surface area (Å²) >= 11 is 1.84. The van der Waals surface area contributed by atoms with Crippen LogP contribution in [0.15, 0.2) is 127 Å². The Labute approximate surface area is 286 Å². The summed E-state index contributed by atoms with van der Waals surface area (Å²) in [4.78, 5) is 15.4.